The molecule has 0 unspecified atom stereocenters. The molecule has 0 fully saturated rings. The van der Waals surface area contributed by atoms with Gasteiger partial charge in [-0.05, 0) is 63.1 Å². The van der Waals surface area contributed by atoms with Crippen LogP contribution in [0.4, 0.5) is 4.39 Å². The molecule has 7 heteroatoms. The Kier molecular flexibility index (Phi) is 7.66. The number of benzene rings is 2. The van der Waals surface area contributed by atoms with Crippen LogP contribution in [0.15, 0.2) is 42.5 Å². The van der Waals surface area contributed by atoms with Crippen LogP contribution in [-0.4, -0.2) is 28.3 Å². The topological polar surface area (TPSA) is 49.4 Å². The molecule has 0 aromatic heterocycles. The molecule has 0 saturated carbocycles. The molecule has 156 valence electrons. The Hall–Kier alpha value is -2.11. The molecular weight excluding hydrogens is 414 g/mol. The molecule has 29 heavy (non-hydrogen) atoms. The van der Waals surface area contributed by atoms with Crippen LogP contribution in [0.25, 0.3) is 0 Å². The minimum Gasteiger partial charge on any atom is -0.350 e. The van der Waals surface area contributed by atoms with Crippen LogP contribution in [-0.2, 0) is 22.6 Å². The molecule has 0 heterocycles. The average Bonchev–Trinajstić information content (AvgIpc) is 2.62. The predicted molar refractivity (Wildman–Crippen MR) is 114 cm³/mol. The van der Waals surface area contributed by atoms with Crippen molar-refractivity contribution in [2.75, 3.05) is 0 Å². The second-order valence-electron chi connectivity index (χ2n) is 7.94. The van der Waals surface area contributed by atoms with Gasteiger partial charge in [-0.2, -0.15) is 0 Å². The van der Waals surface area contributed by atoms with Gasteiger partial charge in [-0.25, -0.2) is 4.39 Å². The highest BCUT2D eigenvalue weighted by atomic mass is 35.5. The van der Waals surface area contributed by atoms with Crippen molar-refractivity contribution in [1.82, 2.24) is 10.2 Å². The summed E-state index contributed by atoms with van der Waals surface area (Å²) in [6.07, 6.45) is -0.0488. The lowest BCUT2D eigenvalue weighted by atomic mass is 10.1. The summed E-state index contributed by atoms with van der Waals surface area (Å²) in [6, 6.07) is 10.1. The van der Waals surface area contributed by atoms with Gasteiger partial charge in [0.2, 0.25) is 11.8 Å². The smallest absolute Gasteiger partial charge is 0.242 e. The van der Waals surface area contributed by atoms with E-state index in [1.54, 1.807) is 37.3 Å². The Bertz CT molecular complexity index is 859. The number of hydrogen-bond acceptors (Lipinski definition) is 2. The number of rotatable bonds is 6. The van der Waals surface area contributed by atoms with Gasteiger partial charge >= 0.3 is 0 Å². The SMILES string of the molecule is C[C@H](C(=O)NC(C)(C)C)N(Cc1ccc(F)cc1)C(=O)Cc1c(Cl)cccc1Cl. The Morgan fingerprint density at radius 3 is 2.14 bits per heavy atom. The van der Waals surface area contributed by atoms with Gasteiger partial charge in [-0.1, -0.05) is 41.4 Å². The van der Waals surface area contributed by atoms with E-state index in [2.05, 4.69) is 5.32 Å². The molecule has 2 aromatic carbocycles. The maximum absolute atomic E-state index is 13.3. The molecule has 0 spiro atoms. The Morgan fingerprint density at radius 2 is 1.62 bits per heavy atom. The first kappa shape index (κ1) is 23.2. The fourth-order valence-electron chi connectivity index (χ4n) is 2.80. The molecule has 0 aliphatic rings. The van der Waals surface area contributed by atoms with Crippen LogP contribution in [0.1, 0.15) is 38.8 Å². The maximum Gasteiger partial charge on any atom is 0.242 e. The van der Waals surface area contributed by atoms with E-state index < -0.39 is 11.6 Å². The molecule has 1 N–H and O–H groups in total. The van der Waals surface area contributed by atoms with Gasteiger partial charge < -0.3 is 10.2 Å². The lowest BCUT2D eigenvalue weighted by Crippen LogP contribution is -2.52. The monoisotopic (exact) mass is 438 g/mol. The van der Waals surface area contributed by atoms with Crippen molar-refractivity contribution in [3.05, 3.63) is 69.5 Å². The van der Waals surface area contributed by atoms with Crippen LogP contribution in [0.2, 0.25) is 10.0 Å². The molecule has 1 atom stereocenters. The summed E-state index contributed by atoms with van der Waals surface area (Å²) in [4.78, 5) is 27.3. The van der Waals surface area contributed by atoms with E-state index >= 15 is 0 Å². The fourth-order valence-corrected chi connectivity index (χ4v) is 3.33. The number of nitrogens with zero attached hydrogens (tertiary/aromatic N) is 1. The maximum atomic E-state index is 13.3. The van der Waals surface area contributed by atoms with Gasteiger partial charge in [0.25, 0.3) is 0 Å². The number of hydrogen-bond donors (Lipinski definition) is 1. The van der Waals surface area contributed by atoms with E-state index in [0.29, 0.717) is 21.2 Å². The Morgan fingerprint density at radius 1 is 1.07 bits per heavy atom. The molecule has 2 rings (SSSR count). The first-order valence-electron chi connectivity index (χ1n) is 9.27. The van der Waals surface area contributed by atoms with E-state index in [1.165, 1.54) is 17.0 Å². The van der Waals surface area contributed by atoms with Crippen LogP contribution in [0.3, 0.4) is 0 Å². The highest BCUT2D eigenvalue weighted by Crippen LogP contribution is 2.26. The quantitative estimate of drug-likeness (QED) is 0.688. The molecule has 4 nitrogen and oxygen atoms in total. The number of carbonyl (C=O) groups excluding carboxylic acids is 2. The van der Waals surface area contributed by atoms with E-state index in [9.17, 15) is 14.0 Å². The van der Waals surface area contributed by atoms with Crippen molar-refractivity contribution in [2.24, 2.45) is 0 Å². The van der Waals surface area contributed by atoms with Crippen molar-refractivity contribution >= 4 is 35.0 Å². The first-order valence-corrected chi connectivity index (χ1v) is 10.0. The predicted octanol–water partition coefficient (Wildman–Crippen LogP) is 5.01. The van der Waals surface area contributed by atoms with E-state index in [4.69, 9.17) is 23.2 Å². The number of halogens is 3. The standard InChI is InChI=1S/C22H25Cl2FN2O2/c1-14(21(29)26-22(2,3)4)27(13-15-8-10-16(25)11-9-15)20(28)12-17-18(23)6-5-7-19(17)24/h5-11,14H,12-13H2,1-4H3,(H,26,29)/t14-/m1/s1. The van der Waals surface area contributed by atoms with Crippen LogP contribution in [0, 0.1) is 5.82 Å². The Balaban J connectivity index is 2.30. The lowest BCUT2D eigenvalue weighted by molar-refractivity contribution is -0.140. The molecule has 2 aromatic rings. The van der Waals surface area contributed by atoms with Crippen molar-refractivity contribution in [3.8, 4) is 0 Å². The molecule has 0 aliphatic carbocycles. The fraction of sp³-hybridized carbons (Fsp3) is 0.364. The normalized spacial score (nSPS) is 12.4. The third kappa shape index (κ3) is 6.72. The van der Waals surface area contributed by atoms with Crippen LogP contribution < -0.4 is 5.32 Å². The van der Waals surface area contributed by atoms with Gasteiger partial charge in [-0.3, -0.25) is 9.59 Å². The molecule has 0 bridgehead atoms. The minimum atomic E-state index is -0.743. The molecule has 0 aliphatic heterocycles. The highest BCUT2D eigenvalue weighted by Gasteiger charge is 2.29. The summed E-state index contributed by atoms with van der Waals surface area (Å²) in [5.74, 6) is -0.952. The summed E-state index contributed by atoms with van der Waals surface area (Å²) < 4.78 is 13.3. The first-order chi connectivity index (χ1) is 13.5. The third-order valence-electron chi connectivity index (χ3n) is 4.32. The number of nitrogens with one attached hydrogen (secondary N) is 1. The van der Waals surface area contributed by atoms with Crippen LogP contribution in [0.5, 0.6) is 0 Å². The highest BCUT2D eigenvalue weighted by molar-refractivity contribution is 6.36. The van der Waals surface area contributed by atoms with Gasteiger partial charge in [0.1, 0.15) is 11.9 Å². The van der Waals surface area contributed by atoms with Crippen molar-refractivity contribution in [1.29, 1.82) is 0 Å². The summed E-state index contributed by atoms with van der Waals surface area (Å²) in [6.45, 7) is 7.42. The van der Waals surface area contributed by atoms with Gasteiger partial charge in [0.15, 0.2) is 0 Å². The van der Waals surface area contributed by atoms with Gasteiger partial charge in [-0.15, -0.1) is 0 Å². The van der Waals surface area contributed by atoms with Crippen molar-refractivity contribution < 1.29 is 14.0 Å². The summed E-state index contributed by atoms with van der Waals surface area (Å²) in [7, 11) is 0. The van der Waals surface area contributed by atoms with E-state index in [-0.39, 0.29) is 30.6 Å². The number of carbonyl (C=O) groups is 2. The second kappa shape index (κ2) is 9.59. The van der Waals surface area contributed by atoms with E-state index in [1.807, 2.05) is 20.8 Å². The molecule has 0 saturated heterocycles. The Labute approximate surface area is 181 Å². The number of amides is 2. The van der Waals surface area contributed by atoms with Crippen molar-refractivity contribution in [3.63, 3.8) is 0 Å². The summed E-state index contributed by atoms with van der Waals surface area (Å²) >= 11 is 12.4. The minimum absolute atomic E-state index is 0.0488. The van der Waals surface area contributed by atoms with E-state index in [0.717, 1.165) is 0 Å². The average molecular weight is 439 g/mol. The van der Waals surface area contributed by atoms with Gasteiger partial charge in [0, 0.05) is 22.1 Å². The largest absolute Gasteiger partial charge is 0.350 e. The van der Waals surface area contributed by atoms with Crippen molar-refractivity contribution in [2.45, 2.75) is 52.2 Å². The van der Waals surface area contributed by atoms with Crippen LogP contribution >= 0.6 is 23.2 Å². The summed E-state index contributed by atoms with van der Waals surface area (Å²) in [5.41, 5.74) is 0.774. The molecular formula is C22H25Cl2FN2O2. The zero-order valence-corrected chi connectivity index (χ0v) is 18.4. The van der Waals surface area contributed by atoms with Gasteiger partial charge in [0.05, 0.1) is 6.42 Å². The zero-order valence-electron chi connectivity index (χ0n) is 16.9. The molecule has 0 radical (unpaired) electrons. The third-order valence-corrected chi connectivity index (χ3v) is 5.03. The summed E-state index contributed by atoms with van der Waals surface area (Å²) in [5, 5.41) is 3.67. The second-order valence-corrected chi connectivity index (χ2v) is 8.75. The molecule has 2 amide bonds. The lowest BCUT2D eigenvalue weighted by Gasteiger charge is -2.31. The zero-order chi connectivity index (χ0) is 21.8.